The van der Waals surface area contributed by atoms with E-state index in [0.717, 1.165) is 77.7 Å². The Hall–Kier alpha value is -3.02. The maximum atomic E-state index is 11.7. The lowest BCUT2D eigenvalue weighted by Crippen LogP contribution is -2.35. The van der Waals surface area contributed by atoms with Gasteiger partial charge < -0.3 is 24.2 Å². The number of carbonyl (C=O) groups excluding carboxylic acids is 3. The van der Waals surface area contributed by atoms with Crippen molar-refractivity contribution < 1.29 is 23.9 Å². The standard InChI is InChI=1S/C13H23N3O3.C12H20N4O2/c1-5-18-13(17)10(2)11-9-12(15-14-11)19-8-6-7-16(3)4;17-11(15-7-3-1-4-8-15)13-14-12(18)16-9-5-2-6-10-16/h9-10H,5-8H2,1-4H3,(H,14,15);1-10H2. The summed E-state index contributed by atoms with van der Waals surface area (Å²) in [6, 6.07) is 0.997. The van der Waals surface area contributed by atoms with Crippen molar-refractivity contribution in [2.24, 2.45) is 10.2 Å². The van der Waals surface area contributed by atoms with Crippen molar-refractivity contribution in [2.75, 3.05) is 60.0 Å². The summed E-state index contributed by atoms with van der Waals surface area (Å²) in [6.45, 7) is 8.45. The number of amides is 4. The SMILES string of the molecule is CCOC(=O)C(C)c1cc(OCCCN(C)C)n[nH]1.O=C(N=NC(=O)N1CCCCC1)N1CCCCC1. The third-order valence-corrected chi connectivity index (χ3v) is 6.15. The van der Waals surface area contributed by atoms with Crippen LogP contribution in [0.5, 0.6) is 5.88 Å². The number of carbonyl (C=O) groups is 3. The van der Waals surface area contributed by atoms with Crippen molar-refractivity contribution in [1.29, 1.82) is 0 Å². The molecular formula is C25H43N7O5. The summed E-state index contributed by atoms with van der Waals surface area (Å²) in [4.78, 5) is 40.4. The van der Waals surface area contributed by atoms with Crippen LogP contribution in [0.2, 0.25) is 0 Å². The highest BCUT2D eigenvalue weighted by atomic mass is 16.5. The first-order valence-electron chi connectivity index (χ1n) is 13.3. The van der Waals surface area contributed by atoms with Crippen molar-refractivity contribution in [1.82, 2.24) is 24.9 Å². The lowest BCUT2D eigenvalue weighted by atomic mass is 10.1. The fraction of sp³-hybridized carbons (Fsp3) is 0.760. The van der Waals surface area contributed by atoms with Gasteiger partial charge in [-0.25, -0.2) is 9.59 Å². The van der Waals surface area contributed by atoms with E-state index >= 15 is 0 Å². The van der Waals surface area contributed by atoms with Crippen molar-refractivity contribution in [3.8, 4) is 5.88 Å². The third-order valence-electron chi connectivity index (χ3n) is 6.15. The third kappa shape index (κ3) is 11.3. The second-order valence-corrected chi connectivity index (χ2v) is 9.50. The van der Waals surface area contributed by atoms with Crippen molar-refractivity contribution in [3.63, 3.8) is 0 Å². The molecule has 0 aliphatic carbocycles. The van der Waals surface area contributed by atoms with Gasteiger partial charge in [-0.05, 0) is 72.9 Å². The first kappa shape index (κ1) is 30.2. The number of nitrogens with zero attached hydrogens (tertiary/aromatic N) is 6. The van der Waals surface area contributed by atoms with Crippen LogP contribution >= 0.6 is 0 Å². The zero-order chi connectivity index (χ0) is 27.0. The number of hydrogen-bond acceptors (Lipinski definition) is 7. The number of ether oxygens (including phenoxy) is 2. The number of likely N-dealkylation sites (tertiary alicyclic amines) is 2. The Kier molecular flexibility index (Phi) is 13.6. The van der Waals surface area contributed by atoms with Crippen LogP contribution in [-0.4, -0.2) is 103 Å². The minimum atomic E-state index is -0.375. The van der Waals surface area contributed by atoms with Crippen LogP contribution in [0.4, 0.5) is 9.59 Å². The molecule has 0 aromatic carbocycles. The van der Waals surface area contributed by atoms with Gasteiger partial charge in [-0.2, -0.15) is 0 Å². The molecule has 0 bridgehead atoms. The summed E-state index contributed by atoms with van der Waals surface area (Å²) in [7, 11) is 4.04. The summed E-state index contributed by atoms with van der Waals surface area (Å²) in [6.07, 6.45) is 7.31. The van der Waals surface area contributed by atoms with Crippen molar-refractivity contribution >= 4 is 18.0 Å². The van der Waals surface area contributed by atoms with Crippen LogP contribution in [0.3, 0.4) is 0 Å². The molecule has 2 fully saturated rings. The van der Waals surface area contributed by atoms with Crippen molar-refractivity contribution in [2.45, 2.75) is 64.7 Å². The minimum absolute atomic E-state index is 0.259. The number of esters is 1. The van der Waals surface area contributed by atoms with E-state index < -0.39 is 0 Å². The number of H-pyrrole nitrogens is 1. The molecular weight excluding hydrogens is 478 g/mol. The van der Waals surface area contributed by atoms with E-state index in [1.165, 1.54) is 0 Å². The Labute approximate surface area is 219 Å². The van der Waals surface area contributed by atoms with E-state index in [9.17, 15) is 14.4 Å². The van der Waals surface area contributed by atoms with Gasteiger partial charge in [-0.3, -0.25) is 9.89 Å². The largest absolute Gasteiger partial charge is 0.477 e. The van der Waals surface area contributed by atoms with Crippen LogP contribution < -0.4 is 4.74 Å². The van der Waals surface area contributed by atoms with E-state index in [4.69, 9.17) is 9.47 Å². The molecule has 1 N–H and O–H groups in total. The van der Waals surface area contributed by atoms with Crippen molar-refractivity contribution in [3.05, 3.63) is 11.8 Å². The first-order chi connectivity index (χ1) is 17.8. The Morgan fingerprint density at radius 2 is 1.54 bits per heavy atom. The number of piperidine rings is 2. The number of rotatable bonds is 8. The molecule has 1 atom stereocenters. The van der Waals surface area contributed by atoms with Crippen LogP contribution in [-0.2, 0) is 9.53 Å². The molecule has 4 amide bonds. The topological polar surface area (TPSA) is 133 Å². The van der Waals surface area contributed by atoms with E-state index in [0.29, 0.717) is 24.8 Å². The molecule has 12 nitrogen and oxygen atoms in total. The molecule has 37 heavy (non-hydrogen) atoms. The van der Waals surface area contributed by atoms with Gasteiger partial charge in [0.25, 0.3) is 0 Å². The molecule has 12 heteroatoms. The number of azo groups is 1. The van der Waals surface area contributed by atoms with Gasteiger partial charge in [0.2, 0.25) is 5.88 Å². The average Bonchev–Trinajstić information content (AvgIpc) is 3.39. The fourth-order valence-corrected chi connectivity index (χ4v) is 3.95. The minimum Gasteiger partial charge on any atom is -0.477 e. The van der Waals surface area contributed by atoms with E-state index in [2.05, 4.69) is 25.3 Å². The fourth-order valence-electron chi connectivity index (χ4n) is 3.95. The molecule has 3 rings (SSSR count). The summed E-state index contributed by atoms with van der Waals surface area (Å²) in [5.41, 5.74) is 0.709. The second-order valence-electron chi connectivity index (χ2n) is 9.50. The van der Waals surface area contributed by atoms with E-state index in [-0.39, 0.29) is 23.9 Å². The van der Waals surface area contributed by atoms with Crippen LogP contribution in [0.25, 0.3) is 0 Å². The first-order valence-corrected chi connectivity index (χ1v) is 13.3. The zero-order valence-corrected chi connectivity index (χ0v) is 22.8. The summed E-state index contributed by atoms with van der Waals surface area (Å²) < 4.78 is 10.5. The monoisotopic (exact) mass is 521 g/mol. The molecule has 208 valence electrons. The lowest BCUT2D eigenvalue weighted by molar-refractivity contribution is -0.144. The highest BCUT2D eigenvalue weighted by Crippen LogP contribution is 2.19. The Bertz CT molecular complexity index is 829. The highest BCUT2D eigenvalue weighted by molar-refractivity contribution is 5.80. The van der Waals surface area contributed by atoms with Crippen LogP contribution in [0, 0.1) is 0 Å². The highest BCUT2D eigenvalue weighted by Gasteiger charge is 2.20. The van der Waals surface area contributed by atoms with Gasteiger partial charge in [0.1, 0.15) is 0 Å². The zero-order valence-electron chi connectivity index (χ0n) is 22.8. The Balaban J connectivity index is 0.000000260. The van der Waals surface area contributed by atoms with E-state index in [1.54, 1.807) is 29.7 Å². The summed E-state index contributed by atoms with van der Waals surface area (Å²) in [5, 5.41) is 13.9. The average molecular weight is 522 g/mol. The normalized spacial score (nSPS) is 16.8. The number of aromatic nitrogens is 2. The van der Waals surface area contributed by atoms with Gasteiger partial charge in [0.05, 0.1) is 24.8 Å². The van der Waals surface area contributed by atoms with Crippen LogP contribution in [0.1, 0.15) is 70.4 Å². The predicted octanol–water partition coefficient (Wildman–Crippen LogP) is 4.06. The Morgan fingerprint density at radius 3 is 2.03 bits per heavy atom. The number of hydrogen-bond donors (Lipinski definition) is 1. The second kappa shape index (κ2) is 16.7. The molecule has 0 radical (unpaired) electrons. The maximum Gasteiger partial charge on any atom is 0.362 e. The molecule has 1 aromatic heterocycles. The molecule has 2 aliphatic heterocycles. The smallest absolute Gasteiger partial charge is 0.362 e. The molecule has 1 aromatic rings. The van der Waals surface area contributed by atoms with Gasteiger partial charge in [0.15, 0.2) is 0 Å². The van der Waals surface area contributed by atoms with E-state index in [1.807, 2.05) is 14.1 Å². The number of aromatic amines is 1. The van der Waals surface area contributed by atoms with Gasteiger partial charge in [-0.1, -0.05) is 10.2 Å². The summed E-state index contributed by atoms with van der Waals surface area (Å²) >= 11 is 0. The number of nitrogens with one attached hydrogen (secondary N) is 1. The van der Waals surface area contributed by atoms with Gasteiger partial charge in [-0.15, -0.1) is 5.10 Å². The quantitative estimate of drug-likeness (QED) is 0.310. The Morgan fingerprint density at radius 1 is 1.00 bits per heavy atom. The molecule has 2 aliphatic rings. The predicted molar refractivity (Wildman–Crippen MR) is 139 cm³/mol. The van der Waals surface area contributed by atoms with Gasteiger partial charge >= 0.3 is 18.0 Å². The maximum absolute atomic E-state index is 11.7. The summed E-state index contributed by atoms with van der Waals surface area (Å²) in [5.74, 6) is -0.0956. The van der Waals surface area contributed by atoms with Gasteiger partial charge in [0, 0.05) is 38.8 Å². The molecule has 3 heterocycles. The van der Waals surface area contributed by atoms with Crippen LogP contribution in [0.15, 0.2) is 16.3 Å². The lowest BCUT2D eigenvalue weighted by Gasteiger charge is -2.25. The molecule has 1 unspecified atom stereocenters. The number of urea groups is 2. The molecule has 2 saturated heterocycles. The molecule has 0 saturated carbocycles. The molecule has 0 spiro atoms.